The Kier molecular flexibility index (Phi) is 3.53. The van der Waals surface area contributed by atoms with Crippen molar-refractivity contribution in [3.8, 4) is 0 Å². The van der Waals surface area contributed by atoms with Gasteiger partial charge in [0.15, 0.2) is 5.79 Å². The molecule has 1 N–H and O–H groups in total. The zero-order valence-corrected chi connectivity index (χ0v) is 12.2. The van der Waals surface area contributed by atoms with Gasteiger partial charge in [-0.3, -0.25) is 4.90 Å². The summed E-state index contributed by atoms with van der Waals surface area (Å²) >= 11 is 0. The molecule has 1 amide bonds. The second-order valence-corrected chi connectivity index (χ2v) is 6.52. The molecular formula is C13H23NO5. The third-order valence-electron chi connectivity index (χ3n) is 3.19. The van der Waals surface area contributed by atoms with Crippen molar-refractivity contribution in [3.05, 3.63) is 0 Å². The lowest BCUT2D eigenvalue weighted by Crippen LogP contribution is -2.46. The summed E-state index contributed by atoms with van der Waals surface area (Å²) in [6, 6.07) is -0.415. The van der Waals surface area contributed by atoms with Crippen molar-refractivity contribution < 1.29 is 24.1 Å². The first-order valence-corrected chi connectivity index (χ1v) is 6.59. The van der Waals surface area contributed by atoms with Gasteiger partial charge in [0.1, 0.15) is 17.8 Å². The highest BCUT2D eigenvalue weighted by atomic mass is 16.8. The van der Waals surface area contributed by atoms with Crippen LogP contribution >= 0.6 is 0 Å². The summed E-state index contributed by atoms with van der Waals surface area (Å²) in [5, 5.41) is 9.52. The molecule has 2 aliphatic heterocycles. The van der Waals surface area contributed by atoms with Crippen LogP contribution in [0, 0.1) is 0 Å². The largest absolute Gasteiger partial charge is 0.444 e. The van der Waals surface area contributed by atoms with Crippen molar-refractivity contribution in [1.82, 2.24) is 4.90 Å². The molecule has 2 aliphatic rings. The average molecular weight is 273 g/mol. The molecule has 6 nitrogen and oxygen atoms in total. The van der Waals surface area contributed by atoms with Gasteiger partial charge in [-0.15, -0.1) is 0 Å². The third-order valence-corrected chi connectivity index (χ3v) is 3.19. The van der Waals surface area contributed by atoms with Crippen LogP contribution in [0.5, 0.6) is 0 Å². The lowest BCUT2D eigenvalue weighted by atomic mass is 10.1. The van der Waals surface area contributed by atoms with Gasteiger partial charge in [0.25, 0.3) is 0 Å². The van der Waals surface area contributed by atoms with Crippen molar-refractivity contribution in [2.45, 2.75) is 64.3 Å². The number of nitrogens with zero attached hydrogens (tertiary/aromatic N) is 1. The van der Waals surface area contributed by atoms with Crippen LogP contribution in [-0.2, 0) is 14.2 Å². The van der Waals surface area contributed by atoms with Crippen LogP contribution < -0.4 is 0 Å². The first kappa shape index (κ1) is 14.6. The van der Waals surface area contributed by atoms with Crippen molar-refractivity contribution in [3.63, 3.8) is 0 Å². The van der Waals surface area contributed by atoms with Gasteiger partial charge in [0.05, 0.1) is 19.2 Å². The molecule has 0 saturated carbocycles. The fourth-order valence-corrected chi connectivity index (χ4v) is 2.57. The van der Waals surface area contributed by atoms with Gasteiger partial charge in [0.2, 0.25) is 0 Å². The number of aliphatic hydroxyl groups excluding tert-OH is 1. The molecule has 2 heterocycles. The lowest BCUT2D eigenvalue weighted by Gasteiger charge is -2.30. The third kappa shape index (κ3) is 3.01. The van der Waals surface area contributed by atoms with Crippen molar-refractivity contribution >= 4 is 6.09 Å². The van der Waals surface area contributed by atoms with E-state index >= 15 is 0 Å². The van der Waals surface area contributed by atoms with Gasteiger partial charge >= 0.3 is 6.09 Å². The van der Waals surface area contributed by atoms with Gasteiger partial charge in [-0.2, -0.15) is 0 Å². The number of fused-ring (bicyclic) bond motifs is 1. The van der Waals surface area contributed by atoms with Crippen LogP contribution in [0.3, 0.4) is 0 Å². The summed E-state index contributed by atoms with van der Waals surface area (Å²) in [5.41, 5.74) is -0.560. The molecule has 2 saturated heterocycles. The maximum atomic E-state index is 12.1. The van der Waals surface area contributed by atoms with Crippen LogP contribution in [0.25, 0.3) is 0 Å². The Balaban J connectivity index is 2.07. The second kappa shape index (κ2) is 4.61. The number of aliphatic hydroxyl groups is 1. The minimum atomic E-state index is -0.664. The Hall–Kier alpha value is -0.850. The molecule has 0 aromatic carbocycles. The van der Waals surface area contributed by atoms with E-state index in [1.54, 1.807) is 0 Å². The first-order chi connectivity index (χ1) is 8.63. The van der Waals surface area contributed by atoms with E-state index in [-0.39, 0.29) is 18.8 Å². The lowest BCUT2D eigenvalue weighted by molar-refractivity contribution is -0.162. The molecule has 0 spiro atoms. The number of amides is 1. The molecular weight excluding hydrogens is 250 g/mol. The van der Waals surface area contributed by atoms with Gasteiger partial charge in [0, 0.05) is 0 Å². The predicted molar refractivity (Wildman–Crippen MR) is 67.6 cm³/mol. The minimum Gasteiger partial charge on any atom is -0.444 e. The quantitative estimate of drug-likeness (QED) is 0.775. The molecule has 0 aromatic rings. The number of likely N-dealkylation sites (tertiary alicyclic amines) is 1. The van der Waals surface area contributed by atoms with E-state index in [1.165, 1.54) is 4.90 Å². The van der Waals surface area contributed by atoms with Gasteiger partial charge in [-0.25, -0.2) is 4.79 Å². The molecule has 2 rings (SSSR count). The molecule has 0 bridgehead atoms. The Labute approximate surface area is 113 Å². The maximum Gasteiger partial charge on any atom is 0.410 e. The van der Waals surface area contributed by atoms with Crippen LogP contribution in [0.15, 0.2) is 0 Å². The number of hydrogen-bond donors (Lipinski definition) is 1. The SMILES string of the molecule is CC(C)(C)OC(=O)N1C[C@@H]2OC(C)(C)O[C@@H]2[C@@H]1CO. The summed E-state index contributed by atoms with van der Waals surface area (Å²) < 4.78 is 16.8. The second-order valence-electron chi connectivity index (χ2n) is 6.52. The first-order valence-electron chi connectivity index (χ1n) is 6.59. The molecule has 19 heavy (non-hydrogen) atoms. The standard InChI is InChI=1S/C13H23NO5/c1-12(2,3)19-11(16)14-6-9-10(8(14)7-15)18-13(4,5)17-9/h8-10,15H,6-7H2,1-5H3/t8-,9-,10+/m0/s1. The Morgan fingerprint density at radius 3 is 2.58 bits per heavy atom. The zero-order chi connectivity index (χ0) is 14.4. The molecule has 6 heteroatoms. The summed E-state index contributed by atoms with van der Waals surface area (Å²) in [4.78, 5) is 13.6. The Bertz CT molecular complexity index is 363. The van der Waals surface area contributed by atoms with E-state index in [0.29, 0.717) is 6.54 Å². The molecule has 110 valence electrons. The highest BCUT2D eigenvalue weighted by Crippen LogP contribution is 2.37. The maximum absolute atomic E-state index is 12.1. The predicted octanol–water partition coefficient (Wildman–Crippen LogP) is 1.12. The summed E-state index contributed by atoms with van der Waals surface area (Å²) in [7, 11) is 0. The van der Waals surface area contributed by atoms with Gasteiger partial charge in [-0.05, 0) is 34.6 Å². The number of carbonyl (C=O) groups is 1. The van der Waals surface area contributed by atoms with Crippen molar-refractivity contribution in [2.75, 3.05) is 13.2 Å². The highest BCUT2D eigenvalue weighted by molar-refractivity contribution is 5.69. The van der Waals surface area contributed by atoms with E-state index in [2.05, 4.69) is 0 Å². The van der Waals surface area contributed by atoms with E-state index < -0.39 is 23.5 Å². The summed E-state index contributed by atoms with van der Waals surface area (Å²) in [6.07, 6.45) is -0.946. The summed E-state index contributed by atoms with van der Waals surface area (Å²) in [5.74, 6) is -0.664. The van der Waals surface area contributed by atoms with Crippen molar-refractivity contribution in [1.29, 1.82) is 0 Å². The van der Waals surface area contributed by atoms with Crippen LogP contribution in [0.1, 0.15) is 34.6 Å². The normalized spacial score (nSPS) is 33.4. The fraction of sp³-hybridized carbons (Fsp3) is 0.923. The molecule has 0 aromatic heterocycles. The number of hydrogen-bond acceptors (Lipinski definition) is 5. The molecule has 0 aliphatic carbocycles. The molecule has 2 fully saturated rings. The zero-order valence-electron chi connectivity index (χ0n) is 12.2. The number of rotatable bonds is 1. The Morgan fingerprint density at radius 2 is 2.05 bits per heavy atom. The fourth-order valence-electron chi connectivity index (χ4n) is 2.57. The van der Waals surface area contributed by atoms with Crippen molar-refractivity contribution in [2.24, 2.45) is 0 Å². The molecule has 0 unspecified atom stereocenters. The number of carbonyl (C=O) groups excluding carboxylic acids is 1. The van der Waals surface area contributed by atoms with E-state index in [0.717, 1.165) is 0 Å². The number of ether oxygens (including phenoxy) is 3. The summed E-state index contributed by atoms with van der Waals surface area (Å²) in [6.45, 7) is 9.31. The highest BCUT2D eigenvalue weighted by Gasteiger charge is 2.54. The van der Waals surface area contributed by atoms with Gasteiger partial charge < -0.3 is 19.3 Å². The van der Waals surface area contributed by atoms with E-state index in [4.69, 9.17) is 14.2 Å². The smallest absolute Gasteiger partial charge is 0.410 e. The average Bonchev–Trinajstić information content (AvgIpc) is 2.66. The molecule has 0 radical (unpaired) electrons. The molecule has 3 atom stereocenters. The van der Waals surface area contributed by atoms with Crippen LogP contribution in [-0.4, -0.2) is 58.9 Å². The minimum absolute atomic E-state index is 0.167. The van der Waals surface area contributed by atoms with Crippen LogP contribution in [0.2, 0.25) is 0 Å². The van der Waals surface area contributed by atoms with Gasteiger partial charge in [-0.1, -0.05) is 0 Å². The van der Waals surface area contributed by atoms with E-state index in [9.17, 15) is 9.90 Å². The van der Waals surface area contributed by atoms with E-state index in [1.807, 2.05) is 34.6 Å². The topological polar surface area (TPSA) is 68.2 Å². The monoisotopic (exact) mass is 273 g/mol. The van der Waals surface area contributed by atoms with Crippen LogP contribution in [0.4, 0.5) is 4.79 Å². The Morgan fingerprint density at radius 1 is 1.42 bits per heavy atom.